The maximum Gasteiger partial charge on any atom is 0.301 e. The molecule has 0 radical (unpaired) electrons. The molecule has 210 valence electrons. The van der Waals surface area contributed by atoms with E-state index in [4.69, 9.17) is 35.3 Å². The number of methoxy groups -OCH3 is 3. The first-order chi connectivity index (χ1) is 19.8. The SMILES string of the molecule is COc1cc(C2/C(=C(\O)c3ccc4c(c3)OCCO4)C(=O)C(=O)N2c2nc3ccc(Cl)cc3s2)cc(OC)c1OC. The van der Waals surface area contributed by atoms with Crippen molar-refractivity contribution in [3.8, 4) is 28.7 Å². The number of fused-ring (bicyclic) bond motifs is 2. The molecule has 1 atom stereocenters. The van der Waals surface area contributed by atoms with E-state index in [0.717, 1.165) is 4.70 Å². The van der Waals surface area contributed by atoms with E-state index in [9.17, 15) is 14.7 Å². The summed E-state index contributed by atoms with van der Waals surface area (Å²) in [4.78, 5) is 33.3. The largest absolute Gasteiger partial charge is 0.507 e. The van der Waals surface area contributed by atoms with Crippen molar-refractivity contribution < 1.29 is 38.4 Å². The molecule has 6 rings (SSSR count). The molecule has 0 saturated carbocycles. The zero-order valence-corrected chi connectivity index (χ0v) is 23.7. The first-order valence-corrected chi connectivity index (χ1v) is 13.6. The summed E-state index contributed by atoms with van der Waals surface area (Å²) in [5, 5.41) is 12.4. The minimum atomic E-state index is -1.09. The van der Waals surface area contributed by atoms with Crippen molar-refractivity contribution >= 4 is 55.7 Å². The van der Waals surface area contributed by atoms with E-state index in [0.29, 0.717) is 58.1 Å². The molecule has 1 unspecified atom stereocenters. The number of thiazole rings is 1. The van der Waals surface area contributed by atoms with Gasteiger partial charge in [0, 0.05) is 10.6 Å². The number of ketones is 1. The average Bonchev–Trinajstić information content (AvgIpc) is 3.52. The van der Waals surface area contributed by atoms with Crippen molar-refractivity contribution in [3.63, 3.8) is 0 Å². The highest BCUT2D eigenvalue weighted by molar-refractivity contribution is 7.22. The van der Waals surface area contributed by atoms with Crippen LogP contribution in [0.1, 0.15) is 17.2 Å². The summed E-state index contributed by atoms with van der Waals surface area (Å²) >= 11 is 7.39. The fourth-order valence-corrected chi connectivity index (χ4v) is 6.21. The van der Waals surface area contributed by atoms with E-state index in [2.05, 4.69) is 4.98 Å². The van der Waals surface area contributed by atoms with Gasteiger partial charge in [-0.3, -0.25) is 14.5 Å². The second kappa shape index (κ2) is 10.5. The first-order valence-electron chi connectivity index (χ1n) is 12.4. The molecule has 1 amide bonds. The van der Waals surface area contributed by atoms with Gasteiger partial charge in [0.25, 0.3) is 5.78 Å². The lowest BCUT2D eigenvalue weighted by Gasteiger charge is -2.25. The number of Topliss-reactive ketones (excluding diaryl/α,β-unsaturated/α-hetero) is 1. The van der Waals surface area contributed by atoms with Crippen molar-refractivity contribution in [1.29, 1.82) is 0 Å². The minimum Gasteiger partial charge on any atom is -0.507 e. The summed E-state index contributed by atoms with van der Waals surface area (Å²) in [5.41, 5.74) is 1.17. The topological polar surface area (TPSA) is 117 Å². The van der Waals surface area contributed by atoms with Gasteiger partial charge in [0.1, 0.15) is 19.0 Å². The third-order valence-electron chi connectivity index (χ3n) is 6.81. The van der Waals surface area contributed by atoms with Gasteiger partial charge in [0.05, 0.1) is 43.2 Å². The lowest BCUT2D eigenvalue weighted by Crippen LogP contribution is -2.29. The quantitative estimate of drug-likeness (QED) is 0.178. The third kappa shape index (κ3) is 4.47. The van der Waals surface area contributed by atoms with Gasteiger partial charge in [0.2, 0.25) is 5.75 Å². The Kier molecular flexibility index (Phi) is 6.84. The number of carbonyl (C=O) groups is 2. The predicted molar refractivity (Wildman–Crippen MR) is 153 cm³/mol. The maximum absolute atomic E-state index is 13.7. The highest BCUT2D eigenvalue weighted by atomic mass is 35.5. The van der Waals surface area contributed by atoms with Crippen molar-refractivity contribution in [2.45, 2.75) is 6.04 Å². The average molecular weight is 595 g/mol. The molecule has 4 aromatic rings. The lowest BCUT2D eigenvalue weighted by molar-refractivity contribution is -0.132. The molecule has 0 bridgehead atoms. The van der Waals surface area contributed by atoms with E-state index in [-0.39, 0.29) is 22.0 Å². The number of hydrogen-bond donors (Lipinski definition) is 1. The molecule has 1 aromatic heterocycles. The fraction of sp³-hybridized carbons (Fsp3) is 0.207. The number of aliphatic hydroxyl groups excluding tert-OH is 1. The van der Waals surface area contributed by atoms with E-state index in [1.54, 1.807) is 48.5 Å². The highest BCUT2D eigenvalue weighted by Gasteiger charge is 2.48. The Balaban J connectivity index is 1.59. The Labute approximate surface area is 243 Å². The Bertz CT molecular complexity index is 1730. The van der Waals surface area contributed by atoms with Crippen molar-refractivity contribution in [2.24, 2.45) is 0 Å². The molecule has 2 aliphatic rings. The number of rotatable bonds is 6. The standard InChI is InChI=1S/C29H23ClN2O8S/c1-36-20-11-15(12-21(37-2)27(20)38-3)24-23(25(33)14-4-7-18-19(10-14)40-9-8-39-18)26(34)28(35)32(24)29-31-17-6-5-16(30)13-22(17)41-29/h4-7,10-13,24,33H,8-9H2,1-3H3/b25-23+. The lowest BCUT2D eigenvalue weighted by atomic mass is 9.94. The van der Waals surface area contributed by atoms with Crippen LogP contribution in [0, 0.1) is 0 Å². The summed E-state index contributed by atoms with van der Waals surface area (Å²) in [5.74, 6) is -0.237. The van der Waals surface area contributed by atoms with Gasteiger partial charge in [-0.15, -0.1) is 0 Å². The van der Waals surface area contributed by atoms with E-state index < -0.39 is 17.7 Å². The first kappa shape index (κ1) is 26.7. The van der Waals surface area contributed by atoms with Gasteiger partial charge >= 0.3 is 5.91 Å². The molecule has 0 spiro atoms. The number of benzene rings is 3. The summed E-state index contributed by atoms with van der Waals surface area (Å²) in [6, 6.07) is 12.2. The number of halogens is 1. The van der Waals surface area contributed by atoms with Gasteiger partial charge in [-0.05, 0) is 54.1 Å². The minimum absolute atomic E-state index is 0.141. The fourth-order valence-electron chi connectivity index (χ4n) is 4.94. The van der Waals surface area contributed by atoms with E-state index in [1.807, 2.05) is 0 Å². The van der Waals surface area contributed by atoms with Crippen LogP contribution >= 0.6 is 22.9 Å². The summed E-state index contributed by atoms with van der Waals surface area (Å²) in [6.45, 7) is 0.743. The van der Waals surface area contributed by atoms with Crippen LogP contribution in [0.5, 0.6) is 28.7 Å². The van der Waals surface area contributed by atoms with E-state index >= 15 is 0 Å². The van der Waals surface area contributed by atoms with Crippen molar-refractivity contribution in [1.82, 2.24) is 4.98 Å². The maximum atomic E-state index is 13.7. The Morgan fingerprint density at radius 3 is 2.37 bits per heavy atom. The molecule has 2 aliphatic heterocycles. The van der Waals surface area contributed by atoms with Crippen LogP contribution in [0.2, 0.25) is 5.02 Å². The van der Waals surface area contributed by atoms with Crippen LogP contribution in [-0.4, -0.2) is 56.3 Å². The number of carbonyl (C=O) groups excluding carboxylic acids is 2. The molecular formula is C29H23ClN2O8S. The third-order valence-corrected chi connectivity index (χ3v) is 8.06. The molecule has 41 heavy (non-hydrogen) atoms. The number of ether oxygens (including phenoxy) is 5. The number of aliphatic hydroxyl groups is 1. The second-order valence-electron chi connectivity index (χ2n) is 9.09. The highest BCUT2D eigenvalue weighted by Crippen LogP contribution is 2.48. The van der Waals surface area contributed by atoms with Gasteiger partial charge in [0.15, 0.2) is 28.1 Å². The molecule has 1 fully saturated rings. The van der Waals surface area contributed by atoms with Crippen LogP contribution < -0.4 is 28.6 Å². The summed E-state index contributed by atoms with van der Waals surface area (Å²) in [7, 11) is 4.40. The Morgan fingerprint density at radius 1 is 0.976 bits per heavy atom. The number of amides is 1. The predicted octanol–water partition coefficient (Wildman–Crippen LogP) is 5.37. The molecule has 12 heteroatoms. The summed E-state index contributed by atoms with van der Waals surface area (Å²) < 4.78 is 28.5. The molecule has 0 aliphatic carbocycles. The van der Waals surface area contributed by atoms with Crippen LogP contribution in [0.25, 0.3) is 16.0 Å². The van der Waals surface area contributed by atoms with E-state index in [1.165, 1.54) is 37.6 Å². The summed E-state index contributed by atoms with van der Waals surface area (Å²) in [6.07, 6.45) is 0. The van der Waals surface area contributed by atoms with Crippen LogP contribution in [-0.2, 0) is 9.59 Å². The number of anilines is 1. The molecule has 1 N–H and O–H groups in total. The van der Waals surface area contributed by atoms with Gasteiger partial charge in [-0.25, -0.2) is 4.98 Å². The zero-order chi connectivity index (χ0) is 28.8. The van der Waals surface area contributed by atoms with Crippen molar-refractivity contribution in [2.75, 3.05) is 39.4 Å². The molecule has 1 saturated heterocycles. The second-order valence-corrected chi connectivity index (χ2v) is 10.5. The Hall–Kier alpha value is -4.48. The van der Waals surface area contributed by atoms with Crippen LogP contribution in [0.4, 0.5) is 5.13 Å². The Morgan fingerprint density at radius 2 is 1.68 bits per heavy atom. The van der Waals surface area contributed by atoms with Gasteiger partial charge in [-0.2, -0.15) is 0 Å². The van der Waals surface area contributed by atoms with Gasteiger partial charge < -0.3 is 28.8 Å². The zero-order valence-electron chi connectivity index (χ0n) is 22.1. The number of aromatic nitrogens is 1. The normalized spacial score (nSPS) is 17.7. The van der Waals surface area contributed by atoms with Crippen LogP contribution in [0.3, 0.4) is 0 Å². The van der Waals surface area contributed by atoms with Crippen molar-refractivity contribution in [3.05, 3.63) is 70.3 Å². The molecule has 3 aromatic carbocycles. The molecule has 3 heterocycles. The monoisotopic (exact) mass is 594 g/mol. The molecule has 10 nitrogen and oxygen atoms in total. The van der Waals surface area contributed by atoms with Gasteiger partial charge in [-0.1, -0.05) is 22.9 Å². The number of nitrogens with zero attached hydrogens (tertiary/aromatic N) is 2. The number of hydrogen-bond acceptors (Lipinski definition) is 10. The smallest absolute Gasteiger partial charge is 0.301 e. The van der Waals surface area contributed by atoms with Crippen LogP contribution in [0.15, 0.2) is 54.1 Å². The molecular weight excluding hydrogens is 572 g/mol.